The fraction of sp³-hybridized carbons (Fsp3) is 0.0400. The Morgan fingerprint density at radius 1 is 0.833 bits per heavy atom. The van der Waals surface area contributed by atoms with E-state index in [1.54, 1.807) is 0 Å². The summed E-state index contributed by atoms with van der Waals surface area (Å²) in [5, 5.41) is 3.19. The first-order valence-corrected chi connectivity index (χ1v) is 9.77. The zero-order valence-corrected chi connectivity index (χ0v) is 16.5. The molecule has 0 bridgehead atoms. The smallest absolute Gasteiger partial charge is 0.208 e. The van der Waals surface area contributed by atoms with Crippen molar-refractivity contribution in [3.05, 3.63) is 97.2 Å². The number of rotatable bonds is 5. The highest BCUT2D eigenvalue weighted by Gasteiger charge is 2.15. The van der Waals surface area contributed by atoms with Crippen molar-refractivity contribution < 1.29 is 4.74 Å². The number of ether oxygens (including phenoxy) is 1. The maximum absolute atomic E-state index is 6.14. The van der Waals surface area contributed by atoms with Gasteiger partial charge in [0.25, 0.3) is 0 Å². The molecule has 0 aliphatic heterocycles. The third kappa shape index (κ3) is 3.26. The van der Waals surface area contributed by atoms with E-state index in [1.807, 2.05) is 86.0 Å². The Balaban J connectivity index is 1.65. The Morgan fingerprint density at radius 2 is 1.53 bits per heavy atom. The molecule has 0 fully saturated rings. The molecule has 0 saturated heterocycles. The number of hydrogen-bond acceptors (Lipinski definition) is 4. The first-order valence-electron chi connectivity index (χ1n) is 9.77. The lowest BCUT2D eigenvalue weighted by molar-refractivity contribution is 0.484. The van der Waals surface area contributed by atoms with Crippen molar-refractivity contribution in [3.8, 4) is 28.4 Å². The molecule has 146 valence electrons. The lowest BCUT2D eigenvalue weighted by Gasteiger charge is -2.12. The fourth-order valence-electron chi connectivity index (χ4n) is 3.52. The lowest BCUT2D eigenvalue weighted by Crippen LogP contribution is -2.01. The van der Waals surface area contributed by atoms with Crippen LogP contribution in [0, 0.1) is 0 Å². The number of aromatic nitrogens is 3. The Bertz CT molecular complexity index is 1300. The molecule has 0 radical (unpaired) electrons. The van der Waals surface area contributed by atoms with Gasteiger partial charge in [0.05, 0.1) is 17.4 Å². The molecule has 30 heavy (non-hydrogen) atoms. The Morgan fingerprint density at radius 3 is 2.30 bits per heavy atom. The van der Waals surface area contributed by atoms with Crippen molar-refractivity contribution in [2.24, 2.45) is 0 Å². The molecule has 5 rings (SSSR count). The summed E-state index contributed by atoms with van der Waals surface area (Å²) >= 11 is 0. The van der Waals surface area contributed by atoms with E-state index in [1.165, 1.54) is 0 Å². The molecule has 2 heterocycles. The average molecular weight is 392 g/mol. The summed E-state index contributed by atoms with van der Waals surface area (Å²) in [5.74, 6) is 2.32. The molecular formula is C25H20N4O. The molecule has 0 aliphatic rings. The number of nitrogens with zero attached hydrogens (tertiary/aromatic N) is 3. The van der Waals surface area contributed by atoms with Gasteiger partial charge in [-0.2, -0.15) is 0 Å². The van der Waals surface area contributed by atoms with Crippen LogP contribution in [0.1, 0.15) is 0 Å². The summed E-state index contributed by atoms with van der Waals surface area (Å²) < 4.78 is 8.24. The molecule has 0 spiro atoms. The molecule has 5 nitrogen and oxygen atoms in total. The van der Waals surface area contributed by atoms with Gasteiger partial charge in [-0.15, -0.1) is 0 Å². The van der Waals surface area contributed by atoms with Gasteiger partial charge in [-0.25, -0.2) is 4.98 Å². The van der Waals surface area contributed by atoms with E-state index < -0.39 is 0 Å². The van der Waals surface area contributed by atoms with Crippen molar-refractivity contribution in [1.29, 1.82) is 0 Å². The fourth-order valence-corrected chi connectivity index (χ4v) is 3.52. The summed E-state index contributed by atoms with van der Waals surface area (Å²) in [7, 11) is 1.87. The third-order valence-corrected chi connectivity index (χ3v) is 4.91. The van der Waals surface area contributed by atoms with E-state index in [0.29, 0.717) is 0 Å². The largest absolute Gasteiger partial charge is 0.457 e. The third-order valence-electron chi connectivity index (χ3n) is 4.91. The monoisotopic (exact) mass is 392 g/mol. The molecule has 5 heteroatoms. The summed E-state index contributed by atoms with van der Waals surface area (Å²) in [5.41, 5.74) is 4.60. The topological polar surface area (TPSA) is 52.0 Å². The first-order chi connectivity index (χ1) is 14.8. The van der Waals surface area contributed by atoms with E-state index in [-0.39, 0.29) is 0 Å². The minimum absolute atomic E-state index is 0.759. The van der Waals surface area contributed by atoms with Gasteiger partial charge in [0.1, 0.15) is 17.0 Å². The number of benzene rings is 3. The predicted octanol–water partition coefficient (Wildman–Crippen LogP) is 5.92. The van der Waals surface area contributed by atoms with Crippen LogP contribution in [-0.2, 0) is 0 Å². The van der Waals surface area contributed by atoms with Gasteiger partial charge >= 0.3 is 0 Å². The van der Waals surface area contributed by atoms with Crippen LogP contribution < -0.4 is 10.1 Å². The van der Waals surface area contributed by atoms with Crippen LogP contribution in [0.3, 0.4) is 0 Å². The Hall–Kier alpha value is -4.12. The second-order valence-electron chi connectivity index (χ2n) is 6.83. The van der Waals surface area contributed by atoms with E-state index in [4.69, 9.17) is 9.72 Å². The molecule has 5 aromatic rings. The SMILES string of the molecule is CNc1nc2cnc(-c3ccccc3Oc3ccccc3)cc2n1-c1ccccc1. The summed E-state index contributed by atoms with van der Waals surface area (Å²) in [6.07, 6.45) is 1.81. The quantitative estimate of drug-likeness (QED) is 0.403. The van der Waals surface area contributed by atoms with Crippen LogP contribution in [0.4, 0.5) is 5.95 Å². The molecule has 0 atom stereocenters. The maximum atomic E-state index is 6.14. The van der Waals surface area contributed by atoms with E-state index in [0.717, 1.165) is 45.4 Å². The summed E-state index contributed by atoms with van der Waals surface area (Å²) in [4.78, 5) is 9.37. The van der Waals surface area contributed by atoms with Crippen molar-refractivity contribution >= 4 is 17.0 Å². The summed E-state index contributed by atoms with van der Waals surface area (Å²) in [6, 6.07) is 29.9. The highest BCUT2D eigenvalue weighted by Crippen LogP contribution is 2.34. The van der Waals surface area contributed by atoms with Crippen molar-refractivity contribution in [2.45, 2.75) is 0 Å². The van der Waals surface area contributed by atoms with E-state index in [9.17, 15) is 0 Å². The van der Waals surface area contributed by atoms with E-state index in [2.05, 4.69) is 33.1 Å². The minimum Gasteiger partial charge on any atom is -0.457 e. The van der Waals surface area contributed by atoms with Crippen molar-refractivity contribution in [2.75, 3.05) is 12.4 Å². The van der Waals surface area contributed by atoms with Crippen LogP contribution in [0.15, 0.2) is 97.2 Å². The second kappa shape index (κ2) is 7.72. The standard InChI is InChI=1S/C25H20N4O/c1-26-25-28-22-17-27-21(16-23(22)29(25)18-10-4-2-5-11-18)20-14-8-9-15-24(20)30-19-12-6-3-7-13-19/h2-17H,1H3,(H,26,28). The van der Waals surface area contributed by atoms with Gasteiger partial charge < -0.3 is 10.1 Å². The zero-order valence-electron chi connectivity index (χ0n) is 16.5. The van der Waals surface area contributed by atoms with Gasteiger partial charge in [-0.1, -0.05) is 48.5 Å². The van der Waals surface area contributed by atoms with Gasteiger partial charge in [0.15, 0.2) is 0 Å². The highest BCUT2D eigenvalue weighted by atomic mass is 16.5. The predicted molar refractivity (Wildman–Crippen MR) is 120 cm³/mol. The first kappa shape index (κ1) is 17.9. The van der Waals surface area contributed by atoms with Crippen LogP contribution in [-0.4, -0.2) is 21.6 Å². The minimum atomic E-state index is 0.759. The Labute approximate surface area is 174 Å². The number of para-hydroxylation sites is 3. The Kier molecular flexibility index (Phi) is 4.62. The van der Waals surface area contributed by atoms with Gasteiger partial charge in [0.2, 0.25) is 5.95 Å². The van der Waals surface area contributed by atoms with Crippen LogP contribution in [0.25, 0.3) is 28.0 Å². The van der Waals surface area contributed by atoms with Gasteiger partial charge in [0, 0.05) is 18.3 Å². The second-order valence-corrected chi connectivity index (χ2v) is 6.83. The molecule has 2 aromatic heterocycles. The lowest BCUT2D eigenvalue weighted by atomic mass is 10.1. The van der Waals surface area contributed by atoms with Gasteiger partial charge in [-0.05, 0) is 42.5 Å². The molecule has 3 aromatic carbocycles. The molecular weight excluding hydrogens is 372 g/mol. The number of nitrogens with one attached hydrogen (secondary N) is 1. The van der Waals surface area contributed by atoms with Gasteiger partial charge in [-0.3, -0.25) is 9.55 Å². The van der Waals surface area contributed by atoms with Crippen LogP contribution in [0.2, 0.25) is 0 Å². The number of hydrogen-bond donors (Lipinski definition) is 1. The summed E-state index contributed by atoms with van der Waals surface area (Å²) in [6.45, 7) is 0. The number of imidazole rings is 1. The normalized spacial score (nSPS) is 10.8. The van der Waals surface area contributed by atoms with Crippen LogP contribution >= 0.6 is 0 Å². The highest BCUT2D eigenvalue weighted by molar-refractivity contribution is 5.85. The molecule has 0 unspecified atom stereocenters. The number of pyridine rings is 1. The zero-order chi connectivity index (χ0) is 20.3. The van der Waals surface area contributed by atoms with Crippen molar-refractivity contribution in [1.82, 2.24) is 14.5 Å². The maximum Gasteiger partial charge on any atom is 0.208 e. The van der Waals surface area contributed by atoms with Crippen molar-refractivity contribution in [3.63, 3.8) is 0 Å². The van der Waals surface area contributed by atoms with Crippen LogP contribution in [0.5, 0.6) is 11.5 Å². The average Bonchev–Trinajstić information content (AvgIpc) is 3.18. The number of fused-ring (bicyclic) bond motifs is 1. The molecule has 0 saturated carbocycles. The molecule has 0 aliphatic carbocycles. The van der Waals surface area contributed by atoms with E-state index >= 15 is 0 Å². The molecule has 1 N–H and O–H groups in total. The number of anilines is 1. The molecule has 0 amide bonds.